The summed E-state index contributed by atoms with van der Waals surface area (Å²) in [5.41, 5.74) is 0.762. The molecule has 134 valence electrons. The van der Waals surface area contributed by atoms with Gasteiger partial charge >= 0.3 is 5.97 Å². The van der Waals surface area contributed by atoms with Crippen molar-refractivity contribution >= 4 is 23.6 Å². The van der Waals surface area contributed by atoms with Crippen molar-refractivity contribution < 1.29 is 18.7 Å². The van der Waals surface area contributed by atoms with Crippen molar-refractivity contribution in [2.75, 3.05) is 18.8 Å². The molecular formula is C20H18FNO3S. The highest BCUT2D eigenvalue weighted by atomic mass is 32.2. The van der Waals surface area contributed by atoms with Crippen molar-refractivity contribution in [3.8, 4) is 0 Å². The van der Waals surface area contributed by atoms with Gasteiger partial charge in [0.1, 0.15) is 5.82 Å². The predicted octanol–water partition coefficient (Wildman–Crippen LogP) is 3.61. The van der Waals surface area contributed by atoms with Crippen LogP contribution in [0.5, 0.6) is 0 Å². The molecule has 0 aromatic heterocycles. The Morgan fingerprint density at radius 3 is 2.77 bits per heavy atom. The highest BCUT2D eigenvalue weighted by Gasteiger charge is 2.48. The first-order valence-electron chi connectivity index (χ1n) is 8.56. The first-order valence-corrected chi connectivity index (χ1v) is 9.55. The maximum atomic E-state index is 13.0. The molecule has 2 aliphatic heterocycles. The highest BCUT2D eigenvalue weighted by molar-refractivity contribution is 8.00. The van der Waals surface area contributed by atoms with Gasteiger partial charge in [-0.3, -0.25) is 4.79 Å². The van der Waals surface area contributed by atoms with Crippen molar-refractivity contribution in [3.05, 3.63) is 65.5 Å². The van der Waals surface area contributed by atoms with E-state index in [1.54, 1.807) is 23.1 Å². The van der Waals surface area contributed by atoms with Gasteiger partial charge in [-0.05, 0) is 43.2 Å². The average molecular weight is 371 g/mol. The van der Waals surface area contributed by atoms with Gasteiger partial charge in [0.05, 0.1) is 17.9 Å². The SMILES string of the molecule is O=C1O[C@@]2(CCCN(C(=O)CSc3ccc(F)cc3)C2)c2ccccc21. The van der Waals surface area contributed by atoms with Crippen LogP contribution in [0.2, 0.25) is 0 Å². The summed E-state index contributed by atoms with van der Waals surface area (Å²) in [6, 6.07) is 13.5. The lowest BCUT2D eigenvalue weighted by atomic mass is 9.85. The van der Waals surface area contributed by atoms with Crippen LogP contribution in [0.3, 0.4) is 0 Å². The number of nitrogens with zero attached hydrogens (tertiary/aromatic N) is 1. The van der Waals surface area contributed by atoms with E-state index in [0.29, 0.717) is 18.7 Å². The van der Waals surface area contributed by atoms with E-state index in [1.165, 1.54) is 23.9 Å². The summed E-state index contributed by atoms with van der Waals surface area (Å²) in [5.74, 6) is -0.327. The Morgan fingerprint density at radius 1 is 1.19 bits per heavy atom. The molecule has 0 bridgehead atoms. The van der Waals surface area contributed by atoms with E-state index >= 15 is 0 Å². The van der Waals surface area contributed by atoms with Crippen LogP contribution in [0.25, 0.3) is 0 Å². The molecule has 0 unspecified atom stereocenters. The molecule has 4 nitrogen and oxygen atoms in total. The van der Waals surface area contributed by atoms with Gasteiger partial charge in [0.15, 0.2) is 5.60 Å². The number of halogens is 1. The fourth-order valence-corrected chi connectivity index (χ4v) is 4.45. The largest absolute Gasteiger partial charge is 0.449 e. The van der Waals surface area contributed by atoms with Gasteiger partial charge in [0, 0.05) is 17.0 Å². The Kier molecular flexibility index (Phi) is 4.44. The third-order valence-electron chi connectivity index (χ3n) is 4.91. The van der Waals surface area contributed by atoms with E-state index in [9.17, 15) is 14.0 Å². The molecule has 2 heterocycles. The fraction of sp³-hybridized carbons (Fsp3) is 0.300. The number of piperidine rings is 1. The molecule has 2 aromatic rings. The Hall–Kier alpha value is -2.34. The van der Waals surface area contributed by atoms with Crippen LogP contribution in [-0.2, 0) is 15.1 Å². The number of fused-ring (bicyclic) bond motifs is 2. The number of carbonyl (C=O) groups excluding carboxylic acids is 2. The van der Waals surface area contributed by atoms with Crippen LogP contribution < -0.4 is 0 Å². The Balaban J connectivity index is 1.46. The standard InChI is InChI=1S/C20H18FNO3S/c21-14-6-8-15(9-7-14)26-12-18(23)22-11-3-10-20(13-22)17-5-2-1-4-16(17)19(24)25-20/h1-2,4-9H,3,10-13H2/t20-/m1/s1. The molecule has 1 fully saturated rings. The van der Waals surface area contributed by atoms with Gasteiger partial charge in [0.25, 0.3) is 0 Å². The summed E-state index contributed by atoms with van der Waals surface area (Å²) >= 11 is 1.38. The van der Waals surface area contributed by atoms with E-state index in [-0.39, 0.29) is 23.4 Å². The second-order valence-electron chi connectivity index (χ2n) is 6.59. The monoisotopic (exact) mass is 371 g/mol. The van der Waals surface area contributed by atoms with E-state index in [4.69, 9.17) is 4.74 Å². The fourth-order valence-electron chi connectivity index (χ4n) is 3.65. The molecular weight excluding hydrogens is 353 g/mol. The zero-order valence-electron chi connectivity index (χ0n) is 14.1. The lowest BCUT2D eigenvalue weighted by Gasteiger charge is -2.39. The zero-order chi connectivity index (χ0) is 18.1. The van der Waals surface area contributed by atoms with Crippen LogP contribution in [0, 0.1) is 5.82 Å². The van der Waals surface area contributed by atoms with Crippen molar-refractivity contribution in [2.45, 2.75) is 23.3 Å². The van der Waals surface area contributed by atoms with Gasteiger partial charge < -0.3 is 9.64 Å². The Morgan fingerprint density at radius 2 is 1.96 bits per heavy atom. The van der Waals surface area contributed by atoms with E-state index in [1.807, 2.05) is 18.2 Å². The van der Waals surface area contributed by atoms with E-state index in [2.05, 4.69) is 0 Å². The van der Waals surface area contributed by atoms with Crippen LogP contribution >= 0.6 is 11.8 Å². The van der Waals surface area contributed by atoms with Gasteiger partial charge in [-0.2, -0.15) is 0 Å². The third kappa shape index (κ3) is 3.09. The van der Waals surface area contributed by atoms with Crippen molar-refractivity contribution in [3.63, 3.8) is 0 Å². The van der Waals surface area contributed by atoms with Crippen molar-refractivity contribution in [1.82, 2.24) is 4.90 Å². The lowest BCUT2D eigenvalue weighted by molar-refractivity contribution is -0.135. The number of benzene rings is 2. The van der Waals surface area contributed by atoms with Crippen LogP contribution in [-0.4, -0.2) is 35.6 Å². The molecule has 0 saturated carbocycles. The summed E-state index contributed by atoms with van der Waals surface area (Å²) in [6.45, 7) is 1.04. The quantitative estimate of drug-likeness (QED) is 0.611. The molecule has 2 aromatic carbocycles. The topological polar surface area (TPSA) is 46.6 Å². The molecule has 0 aliphatic carbocycles. The van der Waals surface area contributed by atoms with Crippen molar-refractivity contribution in [2.24, 2.45) is 0 Å². The summed E-state index contributed by atoms with van der Waals surface area (Å²) in [5, 5.41) is 0. The number of thioether (sulfide) groups is 1. The van der Waals surface area contributed by atoms with Crippen LogP contribution in [0.1, 0.15) is 28.8 Å². The molecule has 4 rings (SSSR count). The summed E-state index contributed by atoms with van der Waals surface area (Å²) < 4.78 is 18.7. The number of likely N-dealkylation sites (tertiary alicyclic amines) is 1. The number of hydrogen-bond donors (Lipinski definition) is 0. The van der Waals surface area contributed by atoms with E-state index < -0.39 is 5.60 Å². The zero-order valence-corrected chi connectivity index (χ0v) is 14.9. The minimum absolute atomic E-state index is 0.00108. The highest BCUT2D eigenvalue weighted by Crippen LogP contribution is 2.42. The Labute approximate surface area is 155 Å². The molecule has 1 saturated heterocycles. The summed E-state index contributed by atoms with van der Waals surface area (Å²) in [4.78, 5) is 27.5. The minimum atomic E-state index is -0.720. The van der Waals surface area contributed by atoms with Crippen molar-refractivity contribution in [1.29, 1.82) is 0 Å². The number of hydrogen-bond acceptors (Lipinski definition) is 4. The summed E-state index contributed by atoms with van der Waals surface area (Å²) in [6.07, 6.45) is 1.51. The number of esters is 1. The number of amides is 1. The maximum absolute atomic E-state index is 13.0. The number of ether oxygens (including phenoxy) is 1. The first kappa shape index (κ1) is 17.1. The van der Waals surface area contributed by atoms with Gasteiger partial charge in [-0.15, -0.1) is 11.8 Å². The van der Waals surface area contributed by atoms with Crippen LogP contribution in [0.4, 0.5) is 4.39 Å². The maximum Gasteiger partial charge on any atom is 0.339 e. The smallest absolute Gasteiger partial charge is 0.339 e. The van der Waals surface area contributed by atoms with E-state index in [0.717, 1.165) is 23.3 Å². The molecule has 2 aliphatic rings. The first-order chi connectivity index (χ1) is 12.6. The summed E-state index contributed by atoms with van der Waals surface area (Å²) in [7, 11) is 0. The molecule has 0 radical (unpaired) electrons. The van der Waals surface area contributed by atoms with Crippen LogP contribution in [0.15, 0.2) is 53.4 Å². The molecule has 1 amide bonds. The molecule has 6 heteroatoms. The Bertz CT molecular complexity index is 854. The number of carbonyl (C=O) groups is 2. The average Bonchev–Trinajstić information content (AvgIpc) is 2.93. The molecule has 1 spiro atoms. The van der Waals surface area contributed by atoms with Gasteiger partial charge in [0.2, 0.25) is 5.91 Å². The lowest BCUT2D eigenvalue weighted by Crippen LogP contribution is -2.49. The normalized spacial score (nSPS) is 21.6. The molecule has 26 heavy (non-hydrogen) atoms. The third-order valence-corrected chi connectivity index (χ3v) is 5.91. The second kappa shape index (κ2) is 6.76. The minimum Gasteiger partial charge on any atom is -0.449 e. The van der Waals surface area contributed by atoms with Gasteiger partial charge in [-0.25, -0.2) is 9.18 Å². The van der Waals surface area contributed by atoms with Gasteiger partial charge in [-0.1, -0.05) is 18.2 Å². The number of rotatable bonds is 3. The second-order valence-corrected chi connectivity index (χ2v) is 7.64. The molecule has 0 N–H and O–H groups in total. The predicted molar refractivity (Wildman–Crippen MR) is 96.5 cm³/mol. The molecule has 1 atom stereocenters.